The molecule has 1 aromatic heterocycles. The molecule has 0 radical (unpaired) electrons. The quantitative estimate of drug-likeness (QED) is 0.821. The number of nitrogens with one attached hydrogen (secondary N) is 1. The van der Waals surface area contributed by atoms with Crippen molar-refractivity contribution < 1.29 is 0 Å². The van der Waals surface area contributed by atoms with Crippen LogP contribution in [0.15, 0.2) is 6.20 Å². The zero-order valence-corrected chi connectivity index (χ0v) is 9.91. The molecular formula is C12H19N3. The zero-order valence-electron chi connectivity index (χ0n) is 9.91. The normalized spacial score (nSPS) is 26.4. The van der Waals surface area contributed by atoms with Gasteiger partial charge >= 0.3 is 0 Å². The molecule has 0 spiro atoms. The molecule has 3 atom stereocenters. The summed E-state index contributed by atoms with van der Waals surface area (Å²) in [5.74, 6) is 1.68. The summed E-state index contributed by atoms with van der Waals surface area (Å²) in [6, 6.07) is 1.06. The second-order valence-corrected chi connectivity index (χ2v) is 4.67. The summed E-state index contributed by atoms with van der Waals surface area (Å²) in [7, 11) is 0. The molecule has 3 heteroatoms. The van der Waals surface area contributed by atoms with Crippen LogP contribution in [-0.2, 0) is 0 Å². The Balaban J connectivity index is 2.07. The van der Waals surface area contributed by atoms with E-state index >= 15 is 0 Å². The van der Waals surface area contributed by atoms with E-state index in [0.717, 1.165) is 17.4 Å². The molecule has 0 amide bonds. The Morgan fingerprint density at radius 1 is 1.47 bits per heavy atom. The van der Waals surface area contributed by atoms with Crippen molar-refractivity contribution >= 4 is 0 Å². The molecule has 1 saturated carbocycles. The predicted molar refractivity (Wildman–Crippen MR) is 60.6 cm³/mol. The van der Waals surface area contributed by atoms with Gasteiger partial charge in [0.2, 0.25) is 0 Å². The molecular weight excluding hydrogens is 186 g/mol. The summed E-state index contributed by atoms with van der Waals surface area (Å²) in [6.45, 7) is 8.45. The van der Waals surface area contributed by atoms with Crippen molar-refractivity contribution in [3.05, 3.63) is 23.3 Å². The van der Waals surface area contributed by atoms with Crippen LogP contribution in [0, 0.1) is 19.8 Å². The van der Waals surface area contributed by atoms with E-state index in [1.165, 1.54) is 12.0 Å². The second kappa shape index (κ2) is 3.89. The van der Waals surface area contributed by atoms with Crippen molar-refractivity contribution in [3.63, 3.8) is 0 Å². The summed E-state index contributed by atoms with van der Waals surface area (Å²) in [6.07, 6.45) is 3.25. The Morgan fingerprint density at radius 3 is 2.67 bits per heavy atom. The van der Waals surface area contributed by atoms with E-state index in [0.29, 0.717) is 12.1 Å². The summed E-state index contributed by atoms with van der Waals surface area (Å²) >= 11 is 0. The van der Waals surface area contributed by atoms with Crippen LogP contribution in [0.4, 0.5) is 0 Å². The van der Waals surface area contributed by atoms with Crippen molar-refractivity contribution in [2.75, 3.05) is 0 Å². The fourth-order valence-electron chi connectivity index (χ4n) is 1.98. The molecule has 2 rings (SSSR count). The van der Waals surface area contributed by atoms with Gasteiger partial charge in [0.1, 0.15) is 5.82 Å². The molecule has 15 heavy (non-hydrogen) atoms. The monoisotopic (exact) mass is 205 g/mol. The minimum absolute atomic E-state index is 0.362. The number of aromatic nitrogens is 2. The lowest BCUT2D eigenvalue weighted by Gasteiger charge is -2.15. The highest BCUT2D eigenvalue weighted by Gasteiger charge is 2.33. The first-order chi connectivity index (χ1) is 7.08. The van der Waals surface area contributed by atoms with Gasteiger partial charge in [0.25, 0.3) is 0 Å². The average Bonchev–Trinajstić information content (AvgIpc) is 2.81. The molecule has 1 fully saturated rings. The second-order valence-electron chi connectivity index (χ2n) is 4.67. The maximum atomic E-state index is 4.39. The Labute approximate surface area is 91.3 Å². The van der Waals surface area contributed by atoms with E-state index in [2.05, 4.69) is 36.1 Å². The molecule has 82 valence electrons. The minimum Gasteiger partial charge on any atom is -0.307 e. The third-order valence-corrected chi connectivity index (χ3v) is 3.18. The van der Waals surface area contributed by atoms with Crippen molar-refractivity contribution in [3.8, 4) is 0 Å². The highest BCUT2D eigenvalue weighted by Crippen LogP contribution is 2.31. The molecule has 3 unspecified atom stereocenters. The lowest BCUT2D eigenvalue weighted by molar-refractivity contribution is 0.545. The molecule has 3 nitrogen and oxygen atoms in total. The first-order valence-electron chi connectivity index (χ1n) is 5.64. The number of aryl methyl sites for hydroxylation is 2. The summed E-state index contributed by atoms with van der Waals surface area (Å²) in [4.78, 5) is 8.65. The van der Waals surface area contributed by atoms with Gasteiger partial charge in [-0.2, -0.15) is 0 Å². The van der Waals surface area contributed by atoms with Gasteiger partial charge in [0, 0.05) is 29.5 Å². The van der Waals surface area contributed by atoms with E-state index in [4.69, 9.17) is 0 Å². The largest absolute Gasteiger partial charge is 0.307 e. The van der Waals surface area contributed by atoms with Gasteiger partial charge in [0.05, 0.1) is 0 Å². The van der Waals surface area contributed by atoms with Crippen LogP contribution in [-0.4, -0.2) is 16.0 Å². The van der Waals surface area contributed by atoms with Gasteiger partial charge in [-0.25, -0.2) is 9.97 Å². The van der Waals surface area contributed by atoms with Crippen LogP contribution in [0.5, 0.6) is 0 Å². The van der Waals surface area contributed by atoms with Crippen molar-refractivity contribution in [1.29, 1.82) is 0 Å². The zero-order chi connectivity index (χ0) is 11.0. The number of hydrogen-bond donors (Lipinski definition) is 1. The summed E-state index contributed by atoms with van der Waals surface area (Å²) in [5, 5.41) is 3.60. The standard InChI is InChI=1S/C12H19N3/c1-7-5-12(7)15-9(3)11-6-13-10(4)14-8(11)2/h6-7,9,12,15H,5H2,1-4H3. The average molecular weight is 205 g/mol. The highest BCUT2D eigenvalue weighted by atomic mass is 15.0. The summed E-state index contributed by atoms with van der Waals surface area (Å²) in [5.41, 5.74) is 2.32. The van der Waals surface area contributed by atoms with Crippen molar-refractivity contribution in [2.24, 2.45) is 5.92 Å². The van der Waals surface area contributed by atoms with Gasteiger partial charge in [0.15, 0.2) is 0 Å². The van der Waals surface area contributed by atoms with Gasteiger partial charge in [-0.3, -0.25) is 0 Å². The van der Waals surface area contributed by atoms with E-state index in [9.17, 15) is 0 Å². The fraction of sp³-hybridized carbons (Fsp3) is 0.667. The van der Waals surface area contributed by atoms with E-state index in [1.54, 1.807) is 0 Å². The third-order valence-electron chi connectivity index (χ3n) is 3.18. The SMILES string of the molecule is Cc1ncc(C(C)NC2CC2C)c(C)n1. The van der Waals surface area contributed by atoms with Gasteiger partial charge < -0.3 is 5.32 Å². The molecule has 0 bridgehead atoms. The summed E-state index contributed by atoms with van der Waals surface area (Å²) < 4.78 is 0. The van der Waals surface area contributed by atoms with Crippen LogP contribution >= 0.6 is 0 Å². The molecule has 0 aliphatic heterocycles. The van der Waals surface area contributed by atoms with E-state index < -0.39 is 0 Å². The van der Waals surface area contributed by atoms with E-state index in [-0.39, 0.29) is 0 Å². The molecule has 0 saturated heterocycles. The molecule has 1 aliphatic rings. The van der Waals surface area contributed by atoms with Gasteiger partial charge in [-0.1, -0.05) is 6.92 Å². The number of hydrogen-bond acceptors (Lipinski definition) is 3. The van der Waals surface area contributed by atoms with Gasteiger partial charge in [-0.05, 0) is 33.1 Å². The number of rotatable bonds is 3. The van der Waals surface area contributed by atoms with Crippen molar-refractivity contribution in [2.45, 2.75) is 46.2 Å². The van der Waals surface area contributed by atoms with Gasteiger partial charge in [-0.15, -0.1) is 0 Å². The number of nitrogens with zero attached hydrogens (tertiary/aromatic N) is 2. The molecule has 1 aliphatic carbocycles. The molecule has 1 aromatic rings. The van der Waals surface area contributed by atoms with Crippen LogP contribution in [0.3, 0.4) is 0 Å². The molecule has 1 heterocycles. The Hall–Kier alpha value is -0.960. The van der Waals surface area contributed by atoms with Crippen LogP contribution in [0.2, 0.25) is 0 Å². The topological polar surface area (TPSA) is 37.8 Å². The van der Waals surface area contributed by atoms with Crippen LogP contribution in [0.25, 0.3) is 0 Å². The first-order valence-corrected chi connectivity index (χ1v) is 5.64. The van der Waals surface area contributed by atoms with Crippen LogP contribution < -0.4 is 5.32 Å². The Morgan fingerprint density at radius 2 is 2.13 bits per heavy atom. The Kier molecular flexibility index (Phi) is 2.74. The first kappa shape index (κ1) is 10.6. The smallest absolute Gasteiger partial charge is 0.125 e. The predicted octanol–water partition coefficient (Wildman–Crippen LogP) is 2.15. The lowest BCUT2D eigenvalue weighted by atomic mass is 10.1. The van der Waals surface area contributed by atoms with Crippen LogP contribution in [0.1, 0.15) is 43.4 Å². The molecule has 1 N–H and O–H groups in total. The Bertz CT molecular complexity index is 362. The molecule has 0 aromatic carbocycles. The highest BCUT2D eigenvalue weighted by molar-refractivity contribution is 5.20. The maximum Gasteiger partial charge on any atom is 0.125 e. The van der Waals surface area contributed by atoms with Crippen molar-refractivity contribution in [1.82, 2.24) is 15.3 Å². The fourth-order valence-corrected chi connectivity index (χ4v) is 1.98. The minimum atomic E-state index is 0.362. The lowest BCUT2D eigenvalue weighted by Crippen LogP contribution is -2.23. The maximum absolute atomic E-state index is 4.39. The third kappa shape index (κ3) is 2.34. The van der Waals surface area contributed by atoms with E-state index in [1.807, 2.05) is 13.1 Å².